The van der Waals surface area contributed by atoms with Crippen molar-refractivity contribution in [3.8, 4) is 11.5 Å². The molecule has 31 heavy (non-hydrogen) atoms. The van der Waals surface area contributed by atoms with Gasteiger partial charge in [-0.1, -0.05) is 12.1 Å². The van der Waals surface area contributed by atoms with E-state index in [0.717, 1.165) is 11.3 Å². The lowest BCUT2D eigenvalue weighted by Crippen LogP contribution is -2.52. The molecule has 1 amide bonds. The second-order valence-electron chi connectivity index (χ2n) is 8.21. The minimum Gasteiger partial charge on any atom is -0.508 e. The summed E-state index contributed by atoms with van der Waals surface area (Å²) in [6, 6.07) is 12.0. The number of ether oxygens (including phenoxy) is 1. The predicted molar refractivity (Wildman–Crippen MR) is 117 cm³/mol. The van der Waals surface area contributed by atoms with Crippen molar-refractivity contribution in [2.24, 2.45) is 0 Å². The number of hydrogen-bond donors (Lipinski definition) is 4. The Morgan fingerprint density at radius 3 is 2.71 bits per heavy atom. The second-order valence-corrected chi connectivity index (χ2v) is 8.21. The number of amides is 1. The number of phenols is 1. The topological polar surface area (TPSA) is 111 Å². The highest BCUT2D eigenvalue weighted by atomic mass is 16.5. The van der Waals surface area contributed by atoms with Gasteiger partial charge in [0.15, 0.2) is 5.78 Å². The Labute approximate surface area is 180 Å². The zero-order valence-electron chi connectivity index (χ0n) is 17.4. The molecule has 8 nitrogen and oxygen atoms in total. The first-order valence-electron chi connectivity index (χ1n) is 10.4. The number of fused-ring (bicyclic) bond motifs is 1. The number of nitrogens with zero attached hydrogens (tertiary/aromatic N) is 1. The third kappa shape index (κ3) is 4.50. The number of ketones is 1. The van der Waals surface area contributed by atoms with Gasteiger partial charge in [0.25, 0.3) is 0 Å². The number of para-hydroxylation sites is 1. The van der Waals surface area contributed by atoms with Crippen LogP contribution in [0.4, 0.5) is 11.4 Å². The lowest BCUT2D eigenvalue weighted by Gasteiger charge is -2.39. The first-order chi connectivity index (χ1) is 14.9. The number of aliphatic hydroxyl groups excluding tert-OH is 1. The van der Waals surface area contributed by atoms with Gasteiger partial charge in [-0.15, -0.1) is 0 Å². The number of aromatic hydroxyl groups is 1. The van der Waals surface area contributed by atoms with Crippen molar-refractivity contribution in [3.63, 3.8) is 0 Å². The molecule has 8 heteroatoms. The smallest absolute Gasteiger partial charge is 0.221 e. The molecule has 4 rings (SSSR count). The number of aliphatic hydroxyl groups is 1. The van der Waals surface area contributed by atoms with Gasteiger partial charge in [0.2, 0.25) is 5.91 Å². The number of nitrogens with one attached hydrogen (secondary N) is 2. The molecule has 0 aromatic heterocycles. The summed E-state index contributed by atoms with van der Waals surface area (Å²) in [4.78, 5) is 26.4. The van der Waals surface area contributed by atoms with E-state index in [1.54, 1.807) is 6.07 Å². The van der Waals surface area contributed by atoms with Crippen LogP contribution in [0.25, 0.3) is 0 Å². The van der Waals surface area contributed by atoms with Crippen LogP contribution in [0.1, 0.15) is 30.1 Å². The van der Waals surface area contributed by atoms with E-state index in [1.165, 1.54) is 19.1 Å². The first-order valence-corrected chi connectivity index (χ1v) is 10.4. The summed E-state index contributed by atoms with van der Waals surface area (Å²) in [5, 5.41) is 26.2. The molecule has 2 aromatic rings. The fourth-order valence-corrected chi connectivity index (χ4v) is 4.29. The van der Waals surface area contributed by atoms with Crippen LogP contribution in [0.3, 0.4) is 0 Å². The molecule has 1 spiro atoms. The molecular formula is C23H27N3O5. The second kappa shape index (κ2) is 8.56. The van der Waals surface area contributed by atoms with Crippen LogP contribution in [0.2, 0.25) is 0 Å². The highest BCUT2D eigenvalue weighted by Crippen LogP contribution is 2.38. The maximum Gasteiger partial charge on any atom is 0.221 e. The van der Waals surface area contributed by atoms with E-state index < -0.39 is 11.6 Å². The molecule has 0 aliphatic carbocycles. The van der Waals surface area contributed by atoms with Gasteiger partial charge in [0.05, 0.1) is 5.69 Å². The summed E-state index contributed by atoms with van der Waals surface area (Å²) in [6.07, 6.45) is 0.590. The molecule has 4 N–H and O–H groups in total. The lowest BCUT2D eigenvalue weighted by molar-refractivity contribution is -0.114. The Morgan fingerprint density at radius 1 is 1.26 bits per heavy atom. The number of rotatable bonds is 6. The number of likely N-dealkylation sites (tertiary alicyclic amines) is 1. The van der Waals surface area contributed by atoms with E-state index >= 15 is 0 Å². The van der Waals surface area contributed by atoms with Crippen LogP contribution in [0.15, 0.2) is 42.5 Å². The minimum atomic E-state index is -0.758. The average molecular weight is 425 g/mol. The molecule has 2 aromatic carbocycles. The van der Waals surface area contributed by atoms with Crippen molar-refractivity contribution >= 4 is 23.1 Å². The molecule has 2 aliphatic rings. The van der Waals surface area contributed by atoms with Crippen molar-refractivity contribution in [3.05, 3.63) is 48.0 Å². The Kier molecular flexibility index (Phi) is 5.84. The number of hydrogen-bond acceptors (Lipinski definition) is 7. The van der Waals surface area contributed by atoms with Gasteiger partial charge in [-0.05, 0) is 37.1 Å². The fourth-order valence-electron chi connectivity index (χ4n) is 4.29. The highest BCUT2D eigenvalue weighted by Gasteiger charge is 2.46. The van der Waals surface area contributed by atoms with E-state index in [2.05, 4.69) is 15.5 Å². The molecule has 0 bridgehead atoms. The minimum absolute atomic E-state index is 0.00893. The zero-order chi connectivity index (χ0) is 22.0. The first kappa shape index (κ1) is 21.1. The largest absolute Gasteiger partial charge is 0.508 e. The normalized spacial score (nSPS) is 18.3. The van der Waals surface area contributed by atoms with E-state index in [0.29, 0.717) is 43.9 Å². The third-order valence-corrected chi connectivity index (χ3v) is 5.87. The average Bonchev–Trinajstić information content (AvgIpc) is 3.01. The molecule has 2 aliphatic heterocycles. The van der Waals surface area contributed by atoms with E-state index in [4.69, 9.17) is 4.74 Å². The molecule has 1 saturated heterocycles. The molecule has 1 fully saturated rings. The quantitative estimate of drug-likeness (QED) is 0.525. The highest BCUT2D eigenvalue weighted by molar-refractivity contribution is 6.13. The van der Waals surface area contributed by atoms with Crippen LogP contribution >= 0.6 is 0 Å². The summed E-state index contributed by atoms with van der Waals surface area (Å²) in [6.45, 7) is 3.18. The van der Waals surface area contributed by atoms with Gasteiger partial charge in [-0.25, -0.2) is 0 Å². The summed E-state index contributed by atoms with van der Waals surface area (Å²) >= 11 is 0. The summed E-state index contributed by atoms with van der Waals surface area (Å²) < 4.78 is 5.66. The molecule has 0 radical (unpaired) electrons. The summed E-state index contributed by atoms with van der Waals surface area (Å²) in [5.41, 5.74) is 1.54. The van der Waals surface area contributed by atoms with Gasteiger partial charge in [0, 0.05) is 43.9 Å². The molecule has 1 atom stereocenters. The lowest BCUT2D eigenvalue weighted by atomic mass is 9.84. The number of piperidine rings is 1. The van der Waals surface area contributed by atoms with Gasteiger partial charge in [0.1, 0.15) is 29.7 Å². The molecule has 164 valence electrons. The van der Waals surface area contributed by atoms with E-state index in [-0.39, 0.29) is 24.0 Å². The van der Waals surface area contributed by atoms with Crippen molar-refractivity contribution in [2.45, 2.75) is 31.4 Å². The van der Waals surface area contributed by atoms with Crippen molar-refractivity contribution in [1.82, 2.24) is 4.90 Å². The van der Waals surface area contributed by atoms with Crippen LogP contribution in [0.5, 0.6) is 11.5 Å². The summed E-state index contributed by atoms with van der Waals surface area (Å²) in [5.74, 6) is 0.205. The van der Waals surface area contributed by atoms with E-state index in [1.807, 2.05) is 24.3 Å². The van der Waals surface area contributed by atoms with Crippen molar-refractivity contribution in [2.75, 3.05) is 36.9 Å². The SMILES string of the molecule is CC(=O)Nc1ccc(O)cc1OC[C@@H](O)CN1CCC2(CC1)Nc1ccccc1C2=O. The number of Topliss-reactive ketones (excluding diaryl/α,β-unsaturated/α-hetero) is 1. The van der Waals surface area contributed by atoms with Crippen LogP contribution < -0.4 is 15.4 Å². The van der Waals surface area contributed by atoms with Crippen LogP contribution in [-0.4, -0.2) is 64.7 Å². The zero-order valence-corrected chi connectivity index (χ0v) is 17.4. The van der Waals surface area contributed by atoms with Crippen molar-refractivity contribution < 1.29 is 24.5 Å². The van der Waals surface area contributed by atoms with Gasteiger partial charge < -0.3 is 30.5 Å². The third-order valence-electron chi connectivity index (χ3n) is 5.87. The number of carbonyl (C=O) groups excluding carboxylic acids is 2. The maximum absolute atomic E-state index is 12.9. The van der Waals surface area contributed by atoms with Crippen LogP contribution in [0, 0.1) is 0 Å². The van der Waals surface area contributed by atoms with E-state index in [9.17, 15) is 19.8 Å². The standard InChI is InChI=1S/C23H27N3O5/c1-15(27)24-20-7-6-16(28)12-21(20)31-14-17(29)13-26-10-8-23(9-11-26)22(30)18-4-2-3-5-19(18)25-23/h2-7,12,17,25,28-29H,8-11,13-14H2,1H3,(H,24,27)/t17-/m0/s1. The Bertz CT molecular complexity index is 985. The number of anilines is 2. The number of carbonyl (C=O) groups is 2. The molecule has 0 unspecified atom stereocenters. The predicted octanol–water partition coefficient (Wildman–Crippen LogP) is 2.23. The Balaban J connectivity index is 1.30. The van der Waals surface area contributed by atoms with Gasteiger partial charge in [-0.2, -0.15) is 0 Å². The van der Waals surface area contributed by atoms with Gasteiger partial charge >= 0.3 is 0 Å². The van der Waals surface area contributed by atoms with Crippen LogP contribution in [-0.2, 0) is 4.79 Å². The molecular weight excluding hydrogens is 398 g/mol. The van der Waals surface area contributed by atoms with Gasteiger partial charge in [-0.3, -0.25) is 9.59 Å². The number of benzene rings is 2. The Hall–Kier alpha value is -3.10. The van der Waals surface area contributed by atoms with Crippen molar-refractivity contribution in [1.29, 1.82) is 0 Å². The molecule has 2 heterocycles. The number of phenolic OH excluding ortho intramolecular Hbond substituents is 1. The molecule has 0 saturated carbocycles. The number of β-amino-alcohol motifs (C(OH)–C–C–N with tert-alkyl or cyclic N) is 1. The monoisotopic (exact) mass is 425 g/mol. The Morgan fingerprint density at radius 2 is 2.00 bits per heavy atom. The summed E-state index contributed by atoms with van der Waals surface area (Å²) in [7, 11) is 0. The maximum atomic E-state index is 12.9. The fraction of sp³-hybridized carbons (Fsp3) is 0.391.